The van der Waals surface area contributed by atoms with Gasteiger partial charge in [-0.25, -0.2) is 18.2 Å². The highest BCUT2D eigenvalue weighted by atomic mass is 35.5. The number of pyridine rings is 1. The van der Waals surface area contributed by atoms with Gasteiger partial charge in [-0.15, -0.1) is 10.2 Å². The van der Waals surface area contributed by atoms with Crippen molar-refractivity contribution in [2.24, 2.45) is 0 Å². The number of aromatic nitrogens is 5. The van der Waals surface area contributed by atoms with Gasteiger partial charge in [0.15, 0.2) is 17.4 Å². The molecule has 3 aromatic rings. The van der Waals surface area contributed by atoms with Crippen molar-refractivity contribution in [1.29, 1.82) is 0 Å². The monoisotopic (exact) mass is 327 g/mol. The van der Waals surface area contributed by atoms with E-state index in [1.165, 1.54) is 0 Å². The summed E-state index contributed by atoms with van der Waals surface area (Å²) >= 11 is 5.54. The summed E-state index contributed by atoms with van der Waals surface area (Å²) in [6.07, 6.45) is 1.11. The molecule has 0 atom stereocenters. The molecule has 112 valence electrons. The number of tetrazole rings is 1. The van der Waals surface area contributed by atoms with Crippen LogP contribution in [0.15, 0.2) is 24.4 Å². The summed E-state index contributed by atoms with van der Waals surface area (Å²) in [6, 6.07) is 2.48. The van der Waals surface area contributed by atoms with Crippen LogP contribution in [-0.4, -0.2) is 25.6 Å². The lowest BCUT2D eigenvalue weighted by Crippen LogP contribution is -1.97. The lowest BCUT2D eigenvalue weighted by molar-refractivity contribution is 0.395. The third-order valence-electron chi connectivity index (χ3n) is 2.59. The number of aromatic amines is 1. The van der Waals surface area contributed by atoms with Crippen molar-refractivity contribution in [1.82, 2.24) is 25.6 Å². The van der Waals surface area contributed by atoms with Crippen LogP contribution in [0.5, 0.6) is 11.6 Å². The number of ether oxygens (including phenoxy) is 1. The van der Waals surface area contributed by atoms with Crippen LogP contribution in [0.2, 0.25) is 5.02 Å². The molecule has 0 spiro atoms. The first-order chi connectivity index (χ1) is 10.5. The number of hydrogen-bond donors (Lipinski definition) is 1. The molecule has 6 nitrogen and oxygen atoms in total. The molecule has 0 bridgehead atoms. The van der Waals surface area contributed by atoms with Gasteiger partial charge in [-0.2, -0.15) is 5.21 Å². The number of H-pyrrole nitrogens is 1. The van der Waals surface area contributed by atoms with E-state index in [0.29, 0.717) is 0 Å². The van der Waals surface area contributed by atoms with Crippen molar-refractivity contribution >= 4 is 11.6 Å². The molecule has 2 heterocycles. The topological polar surface area (TPSA) is 76.6 Å². The first-order valence-electron chi connectivity index (χ1n) is 5.76. The molecule has 2 aromatic heterocycles. The normalized spacial score (nSPS) is 10.7. The zero-order valence-electron chi connectivity index (χ0n) is 10.5. The minimum Gasteiger partial charge on any atom is -0.433 e. The van der Waals surface area contributed by atoms with Gasteiger partial charge in [-0.3, -0.25) is 0 Å². The number of nitrogens with one attached hydrogen (secondary N) is 1. The second-order valence-electron chi connectivity index (χ2n) is 4.04. The molecule has 0 unspecified atom stereocenters. The van der Waals surface area contributed by atoms with Crippen LogP contribution in [0.4, 0.5) is 13.2 Å². The van der Waals surface area contributed by atoms with Crippen LogP contribution in [0.3, 0.4) is 0 Å². The Hall–Kier alpha value is -2.68. The standard InChI is InChI=1S/C12H5ClF3N5O/c13-5-1-9(16)12(17-4-5)22-10-3-7(14)6(2-8(10)15)11-18-20-21-19-11/h1-4H,(H,18,19,20,21). The Morgan fingerprint density at radius 2 is 1.86 bits per heavy atom. The highest BCUT2D eigenvalue weighted by Crippen LogP contribution is 2.30. The van der Waals surface area contributed by atoms with Crippen molar-refractivity contribution in [2.75, 3.05) is 0 Å². The van der Waals surface area contributed by atoms with Crippen LogP contribution in [0.25, 0.3) is 11.4 Å². The van der Waals surface area contributed by atoms with Gasteiger partial charge in [0.05, 0.1) is 10.6 Å². The molecule has 0 aliphatic heterocycles. The van der Waals surface area contributed by atoms with Gasteiger partial charge in [0.2, 0.25) is 5.82 Å². The van der Waals surface area contributed by atoms with Crippen molar-refractivity contribution in [2.45, 2.75) is 0 Å². The summed E-state index contributed by atoms with van der Waals surface area (Å²) < 4.78 is 46.4. The smallest absolute Gasteiger partial charge is 0.256 e. The molecule has 0 radical (unpaired) electrons. The molecule has 3 rings (SSSR count). The van der Waals surface area contributed by atoms with E-state index in [1.54, 1.807) is 0 Å². The minimum absolute atomic E-state index is 0.0453. The molecule has 10 heteroatoms. The van der Waals surface area contributed by atoms with Crippen LogP contribution < -0.4 is 4.74 Å². The van der Waals surface area contributed by atoms with Gasteiger partial charge in [-0.1, -0.05) is 11.6 Å². The molecule has 0 saturated carbocycles. The third-order valence-corrected chi connectivity index (χ3v) is 2.80. The molecule has 0 amide bonds. The lowest BCUT2D eigenvalue weighted by Gasteiger charge is -2.08. The van der Waals surface area contributed by atoms with E-state index < -0.39 is 29.1 Å². The molecule has 0 saturated heterocycles. The maximum Gasteiger partial charge on any atom is 0.256 e. The number of halogens is 4. The average molecular weight is 328 g/mol. The van der Waals surface area contributed by atoms with Crippen LogP contribution in [0, 0.1) is 17.5 Å². The Labute approximate surface area is 125 Å². The summed E-state index contributed by atoms with van der Waals surface area (Å²) in [5.74, 6) is -3.92. The lowest BCUT2D eigenvalue weighted by atomic mass is 10.2. The predicted octanol–water partition coefficient (Wildman–Crippen LogP) is 3.12. The fourth-order valence-corrected chi connectivity index (χ4v) is 1.78. The molecule has 1 N–H and O–H groups in total. The van der Waals surface area contributed by atoms with Crippen LogP contribution in [-0.2, 0) is 0 Å². The van der Waals surface area contributed by atoms with E-state index >= 15 is 0 Å². The van der Waals surface area contributed by atoms with Gasteiger partial charge in [0.1, 0.15) is 5.82 Å². The quantitative estimate of drug-likeness (QED) is 0.799. The molecule has 1 aromatic carbocycles. The minimum atomic E-state index is -0.947. The Kier molecular flexibility index (Phi) is 3.63. The van der Waals surface area contributed by atoms with E-state index in [4.69, 9.17) is 16.3 Å². The highest BCUT2D eigenvalue weighted by Gasteiger charge is 2.17. The molecular weight excluding hydrogens is 323 g/mol. The van der Waals surface area contributed by atoms with Crippen molar-refractivity contribution in [3.05, 3.63) is 46.9 Å². The fourth-order valence-electron chi connectivity index (χ4n) is 1.64. The largest absolute Gasteiger partial charge is 0.433 e. The molecule has 0 aliphatic rings. The summed E-state index contributed by atoms with van der Waals surface area (Å²) in [4.78, 5) is 3.56. The zero-order chi connectivity index (χ0) is 15.7. The Balaban J connectivity index is 1.97. The van der Waals surface area contributed by atoms with Gasteiger partial charge in [0.25, 0.3) is 5.88 Å². The number of nitrogens with zero attached hydrogens (tertiary/aromatic N) is 4. The van der Waals surface area contributed by atoms with Crippen LogP contribution >= 0.6 is 11.6 Å². The zero-order valence-corrected chi connectivity index (χ0v) is 11.3. The number of benzene rings is 1. The SMILES string of the molecule is Fc1cc(-c2nn[nH]n2)c(F)cc1Oc1ncc(Cl)cc1F. The van der Waals surface area contributed by atoms with Gasteiger partial charge in [-0.05, 0) is 17.3 Å². The van der Waals surface area contributed by atoms with Crippen molar-refractivity contribution < 1.29 is 17.9 Å². The van der Waals surface area contributed by atoms with Crippen molar-refractivity contribution in [3.8, 4) is 23.0 Å². The molecule has 0 aliphatic carbocycles. The first kappa shape index (κ1) is 14.3. The maximum atomic E-state index is 14.0. The van der Waals surface area contributed by atoms with E-state index in [0.717, 1.165) is 24.4 Å². The van der Waals surface area contributed by atoms with E-state index in [1.807, 2.05) is 0 Å². The summed E-state index contributed by atoms with van der Waals surface area (Å²) in [7, 11) is 0. The molecule has 22 heavy (non-hydrogen) atoms. The number of hydrogen-bond acceptors (Lipinski definition) is 5. The predicted molar refractivity (Wildman–Crippen MR) is 68.8 cm³/mol. The van der Waals surface area contributed by atoms with E-state index in [-0.39, 0.29) is 16.4 Å². The summed E-state index contributed by atoms with van der Waals surface area (Å²) in [6.45, 7) is 0. The Morgan fingerprint density at radius 3 is 2.55 bits per heavy atom. The number of rotatable bonds is 3. The molecule has 0 fully saturated rings. The second-order valence-corrected chi connectivity index (χ2v) is 4.48. The van der Waals surface area contributed by atoms with Crippen LogP contribution in [0.1, 0.15) is 0 Å². The Bertz CT molecular complexity index is 828. The van der Waals surface area contributed by atoms with Crippen molar-refractivity contribution in [3.63, 3.8) is 0 Å². The summed E-state index contributed by atoms with van der Waals surface area (Å²) in [5, 5.41) is 12.5. The van der Waals surface area contributed by atoms with Gasteiger partial charge < -0.3 is 4.74 Å². The third kappa shape index (κ3) is 2.70. The van der Waals surface area contributed by atoms with Gasteiger partial charge in [0, 0.05) is 12.3 Å². The van der Waals surface area contributed by atoms with E-state index in [9.17, 15) is 13.2 Å². The first-order valence-corrected chi connectivity index (χ1v) is 6.14. The van der Waals surface area contributed by atoms with Gasteiger partial charge >= 0.3 is 0 Å². The maximum absolute atomic E-state index is 14.0. The highest BCUT2D eigenvalue weighted by molar-refractivity contribution is 6.30. The average Bonchev–Trinajstić information content (AvgIpc) is 2.99. The molecular formula is C12H5ClF3N5O. The Morgan fingerprint density at radius 1 is 1.05 bits per heavy atom. The second kappa shape index (κ2) is 5.60. The summed E-state index contributed by atoms with van der Waals surface area (Å²) in [5.41, 5.74) is -0.219. The fraction of sp³-hybridized carbons (Fsp3) is 0. The van der Waals surface area contributed by atoms with E-state index in [2.05, 4.69) is 25.6 Å².